The molecule has 0 bridgehead atoms. The van der Waals surface area contributed by atoms with Crippen LogP contribution in [0.2, 0.25) is 0 Å². The predicted molar refractivity (Wildman–Crippen MR) is 78.1 cm³/mol. The standard InChI is InChI=1S/C16H20N2O3/c1-12(21-16(20)13-7-3-2-4-8-13)15(19)18-11-14-9-5-6-10-17-14/h2-3,5-6,9-10,12-13H,4,7-8,11H2,1H3,(H,18,19)/t12-,13+/m1/s1. The molecule has 0 unspecified atom stereocenters. The molecule has 0 aromatic carbocycles. The lowest BCUT2D eigenvalue weighted by Gasteiger charge is -2.19. The number of nitrogens with zero attached hydrogens (tertiary/aromatic N) is 1. The van der Waals surface area contributed by atoms with Crippen LogP contribution in [0.15, 0.2) is 36.5 Å². The summed E-state index contributed by atoms with van der Waals surface area (Å²) in [5.74, 6) is -0.721. The van der Waals surface area contributed by atoms with Gasteiger partial charge < -0.3 is 10.1 Å². The average Bonchev–Trinajstić information content (AvgIpc) is 2.54. The molecule has 0 fully saturated rings. The van der Waals surface area contributed by atoms with E-state index in [4.69, 9.17) is 4.74 Å². The van der Waals surface area contributed by atoms with E-state index in [1.807, 2.05) is 24.3 Å². The van der Waals surface area contributed by atoms with Crippen LogP contribution in [0.1, 0.15) is 31.9 Å². The van der Waals surface area contributed by atoms with Crippen LogP contribution in [0.5, 0.6) is 0 Å². The highest BCUT2D eigenvalue weighted by Gasteiger charge is 2.24. The topological polar surface area (TPSA) is 68.3 Å². The predicted octanol–water partition coefficient (Wildman–Crippen LogP) is 1.99. The van der Waals surface area contributed by atoms with Crippen LogP contribution < -0.4 is 5.32 Å². The van der Waals surface area contributed by atoms with Crippen LogP contribution >= 0.6 is 0 Å². The SMILES string of the molecule is C[C@@H](OC(=O)[C@H]1CC=CCC1)C(=O)NCc1ccccn1. The van der Waals surface area contributed by atoms with Crippen LogP contribution in [0.4, 0.5) is 0 Å². The number of nitrogens with one attached hydrogen (secondary N) is 1. The van der Waals surface area contributed by atoms with Gasteiger partial charge in [0.05, 0.1) is 18.2 Å². The van der Waals surface area contributed by atoms with Gasteiger partial charge in [0.15, 0.2) is 6.10 Å². The van der Waals surface area contributed by atoms with Crippen molar-refractivity contribution in [3.05, 3.63) is 42.2 Å². The molecule has 0 spiro atoms. The maximum atomic E-state index is 11.9. The lowest BCUT2D eigenvalue weighted by atomic mass is 9.95. The van der Waals surface area contributed by atoms with Gasteiger partial charge in [-0.25, -0.2) is 0 Å². The van der Waals surface area contributed by atoms with Gasteiger partial charge in [-0.1, -0.05) is 18.2 Å². The third kappa shape index (κ3) is 4.70. The highest BCUT2D eigenvalue weighted by molar-refractivity contribution is 5.83. The molecule has 0 radical (unpaired) electrons. The Balaban J connectivity index is 1.76. The van der Waals surface area contributed by atoms with Crippen molar-refractivity contribution in [1.29, 1.82) is 0 Å². The number of carbonyl (C=O) groups is 2. The van der Waals surface area contributed by atoms with Crippen molar-refractivity contribution in [3.63, 3.8) is 0 Å². The minimum Gasteiger partial charge on any atom is -0.452 e. The van der Waals surface area contributed by atoms with Crippen molar-refractivity contribution in [1.82, 2.24) is 10.3 Å². The molecule has 0 saturated carbocycles. The summed E-state index contributed by atoms with van der Waals surface area (Å²) in [6.07, 6.45) is 7.31. The van der Waals surface area contributed by atoms with Crippen LogP contribution in [0, 0.1) is 5.92 Å². The summed E-state index contributed by atoms with van der Waals surface area (Å²) < 4.78 is 5.23. The minimum atomic E-state index is -0.785. The third-order valence-electron chi connectivity index (χ3n) is 3.43. The van der Waals surface area contributed by atoms with Gasteiger partial charge in [0.2, 0.25) is 0 Å². The summed E-state index contributed by atoms with van der Waals surface area (Å²) in [5.41, 5.74) is 0.766. The number of pyridine rings is 1. The first-order valence-electron chi connectivity index (χ1n) is 7.20. The van der Waals surface area contributed by atoms with E-state index in [0.717, 1.165) is 18.5 Å². The minimum absolute atomic E-state index is 0.124. The molecular formula is C16H20N2O3. The Kier molecular flexibility index (Phi) is 5.49. The first-order valence-corrected chi connectivity index (χ1v) is 7.20. The Labute approximate surface area is 124 Å². The van der Waals surface area contributed by atoms with Gasteiger partial charge in [-0.15, -0.1) is 0 Å². The number of ether oxygens (including phenoxy) is 1. The first kappa shape index (κ1) is 15.2. The highest BCUT2D eigenvalue weighted by Crippen LogP contribution is 2.20. The largest absolute Gasteiger partial charge is 0.452 e. The van der Waals surface area contributed by atoms with E-state index in [1.54, 1.807) is 13.1 Å². The Morgan fingerprint density at radius 2 is 2.29 bits per heavy atom. The Hall–Kier alpha value is -2.17. The summed E-state index contributed by atoms with van der Waals surface area (Å²) in [5, 5.41) is 2.71. The number of amides is 1. The number of rotatable bonds is 5. The fourth-order valence-electron chi connectivity index (χ4n) is 2.16. The van der Waals surface area contributed by atoms with Crippen molar-refractivity contribution < 1.29 is 14.3 Å². The number of esters is 1. The maximum absolute atomic E-state index is 11.9. The van der Waals surface area contributed by atoms with E-state index < -0.39 is 6.10 Å². The van der Waals surface area contributed by atoms with Crippen LogP contribution in [-0.4, -0.2) is 23.0 Å². The second kappa shape index (κ2) is 7.57. The molecule has 1 amide bonds. The molecule has 1 aliphatic carbocycles. The first-order chi connectivity index (χ1) is 10.2. The van der Waals surface area contributed by atoms with Crippen LogP contribution in [-0.2, 0) is 20.9 Å². The lowest BCUT2D eigenvalue weighted by molar-refractivity contribution is -0.159. The van der Waals surface area contributed by atoms with Gasteiger partial charge in [-0.3, -0.25) is 14.6 Å². The second-order valence-electron chi connectivity index (χ2n) is 5.10. The lowest BCUT2D eigenvalue weighted by Crippen LogP contribution is -2.37. The zero-order valence-corrected chi connectivity index (χ0v) is 12.1. The molecule has 5 nitrogen and oxygen atoms in total. The number of carbonyl (C=O) groups excluding carboxylic acids is 2. The summed E-state index contributed by atoms with van der Waals surface area (Å²) in [4.78, 5) is 28.0. The van der Waals surface area contributed by atoms with Crippen molar-refractivity contribution in [2.75, 3.05) is 0 Å². The molecule has 0 aliphatic heterocycles. The van der Waals surface area contributed by atoms with Crippen LogP contribution in [0.3, 0.4) is 0 Å². The molecule has 2 rings (SSSR count). The van der Waals surface area contributed by atoms with Crippen molar-refractivity contribution in [2.24, 2.45) is 5.92 Å². The number of allylic oxidation sites excluding steroid dienone is 2. The van der Waals surface area contributed by atoms with Crippen LogP contribution in [0.25, 0.3) is 0 Å². The van der Waals surface area contributed by atoms with Gasteiger partial charge in [-0.05, 0) is 38.3 Å². The normalized spacial score (nSPS) is 18.8. The van der Waals surface area contributed by atoms with E-state index in [0.29, 0.717) is 13.0 Å². The molecule has 5 heteroatoms. The van der Waals surface area contributed by atoms with E-state index in [1.165, 1.54) is 0 Å². The van der Waals surface area contributed by atoms with Gasteiger partial charge in [-0.2, -0.15) is 0 Å². The Morgan fingerprint density at radius 1 is 1.43 bits per heavy atom. The summed E-state index contributed by atoms with van der Waals surface area (Å²) >= 11 is 0. The average molecular weight is 288 g/mol. The second-order valence-corrected chi connectivity index (χ2v) is 5.10. The van der Waals surface area contributed by atoms with Gasteiger partial charge in [0, 0.05) is 6.20 Å². The fourth-order valence-corrected chi connectivity index (χ4v) is 2.16. The van der Waals surface area contributed by atoms with E-state index in [-0.39, 0.29) is 17.8 Å². The third-order valence-corrected chi connectivity index (χ3v) is 3.43. The molecule has 21 heavy (non-hydrogen) atoms. The monoisotopic (exact) mass is 288 g/mol. The number of hydrogen-bond donors (Lipinski definition) is 1. The molecule has 1 aliphatic rings. The number of hydrogen-bond acceptors (Lipinski definition) is 4. The molecule has 1 aromatic rings. The molecule has 1 N–H and O–H groups in total. The van der Waals surface area contributed by atoms with Crippen molar-refractivity contribution in [3.8, 4) is 0 Å². The van der Waals surface area contributed by atoms with E-state index in [9.17, 15) is 9.59 Å². The molecule has 1 heterocycles. The van der Waals surface area contributed by atoms with E-state index >= 15 is 0 Å². The molecule has 112 valence electrons. The van der Waals surface area contributed by atoms with E-state index in [2.05, 4.69) is 16.4 Å². The smallest absolute Gasteiger partial charge is 0.310 e. The fraction of sp³-hybridized carbons (Fsp3) is 0.438. The molecule has 0 saturated heterocycles. The zero-order chi connectivity index (χ0) is 15.1. The molecular weight excluding hydrogens is 268 g/mol. The number of aromatic nitrogens is 1. The summed E-state index contributed by atoms with van der Waals surface area (Å²) in [6.45, 7) is 1.91. The molecule has 1 aromatic heterocycles. The summed E-state index contributed by atoms with van der Waals surface area (Å²) in [6, 6.07) is 5.49. The van der Waals surface area contributed by atoms with Crippen molar-refractivity contribution in [2.45, 2.75) is 38.8 Å². The maximum Gasteiger partial charge on any atom is 0.310 e. The Bertz CT molecular complexity index is 514. The van der Waals surface area contributed by atoms with Crippen molar-refractivity contribution >= 4 is 11.9 Å². The van der Waals surface area contributed by atoms with Gasteiger partial charge >= 0.3 is 5.97 Å². The molecule has 2 atom stereocenters. The van der Waals surface area contributed by atoms with Gasteiger partial charge in [0.25, 0.3) is 5.91 Å². The summed E-state index contributed by atoms with van der Waals surface area (Å²) in [7, 11) is 0. The quantitative estimate of drug-likeness (QED) is 0.664. The zero-order valence-electron chi connectivity index (χ0n) is 12.1. The highest BCUT2D eigenvalue weighted by atomic mass is 16.5. The van der Waals surface area contributed by atoms with Gasteiger partial charge in [0.1, 0.15) is 0 Å². The Morgan fingerprint density at radius 3 is 2.95 bits per heavy atom.